The summed E-state index contributed by atoms with van der Waals surface area (Å²) in [6.45, 7) is 13.9. The highest BCUT2D eigenvalue weighted by Crippen LogP contribution is 2.02. The quantitative estimate of drug-likeness (QED) is 0.534. The fourth-order valence-corrected chi connectivity index (χ4v) is 5.20. The fourth-order valence-electron chi connectivity index (χ4n) is 1.73. The SMILES string of the molecule is C[CH2][Al]([CH2]C)[CH2]C.C[CH2][Al]([CH2]C)[CH2]C.Cl.Cl. The first-order valence-corrected chi connectivity index (χ1v) is 11.6. The lowest BCUT2D eigenvalue weighted by Crippen LogP contribution is -2.04. The summed E-state index contributed by atoms with van der Waals surface area (Å²) in [5.74, 6) is 0. The van der Waals surface area contributed by atoms with Gasteiger partial charge in [-0.2, -0.15) is 0 Å². The minimum atomic E-state index is -0.171. The van der Waals surface area contributed by atoms with Crippen molar-refractivity contribution in [3.8, 4) is 0 Å². The van der Waals surface area contributed by atoms with Crippen molar-refractivity contribution in [1.29, 1.82) is 0 Å². The van der Waals surface area contributed by atoms with E-state index in [4.69, 9.17) is 0 Å². The Balaban J connectivity index is -0.0000000800. The summed E-state index contributed by atoms with van der Waals surface area (Å²) >= 11 is -0.343. The third kappa shape index (κ3) is 18.0. The molecule has 0 aliphatic heterocycles. The largest absolute Gasteiger partial charge is 0.261 e. The van der Waals surface area contributed by atoms with Gasteiger partial charge in [0.25, 0.3) is 28.3 Å². The van der Waals surface area contributed by atoms with Crippen LogP contribution in [0.1, 0.15) is 41.5 Å². The minimum absolute atomic E-state index is 0. The zero-order valence-electron chi connectivity index (χ0n) is 12.2. The molecule has 0 aromatic heterocycles. The third-order valence-corrected chi connectivity index (χ3v) is 10.4. The van der Waals surface area contributed by atoms with Gasteiger partial charge in [-0.3, -0.25) is 0 Å². The van der Waals surface area contributed by atoms with Crippen LogP contribution in [-0.4, -0.2) is 28.3 Å². The maximum atomic E-state index is 2.32. The molecule has 0 unspecified atom stereocenters. The van der Waals surface area contributed by atoms with Crippen LogP contribution in [0.2, 0.25) is 31.7 Å². The summed E-state index contributed by atoms with van der Waals surface area (Å²) in [5, 5.41) is 8.96. The molecule has 0 nitrogen and oxygen atoms in total. The monoisotopic (exact) mass is 300 g/mol. The predicted octanol–water partition coefficient (Wildman–Crippen LogP) is 5.93. The Kier molecular flexibility index (Phi) is 35.9. The normalized spacial score (nSPS) is 7.88. The van der Waals surface area contributed by atoms with Gasteiger partial charge in [-0.15, -0.1) is 24.8 Å². The third-order valence-electron chi connectivity index (χ3n) is 3.46. The molecule has 0 saturated carbocycles. The second-order valence-corrected chi connectivity index (χ2v) is 12.5. The van der Waals surface area contributed by atoms with Gasteiger partial charge >= 0.3 is 0 Å². The molecule has 4 heteroatoms. The number of rotatable bonds is 6. The standard InChI is InChI=1S/6C2H5.2Al.2ClH/c6*1-2;;;;/h6*1H2,2H3;;;2*1H. The number of halogens is 2. The van der Waals surface area contributed by atoms with Crippen molar-refractivity contribution in [2.24, 2.45) is 0 Å². The van der Waals surface area contributed by atoms with E-state index in [1.165, 1.54) is 31.7 Å². The Bertz CT molecular complexity index is 72.0. The van der Waals surface area contributed by atoms with Crippen molar-refractivity contribution in [1.82, 2.24) is 0 Å². The summed E-state index contributed by atoms with van der Waals surface area (Å²) in [7, 11) is 0. The molecule has 0 amide bonds. The molecule has 0 aromatic rings. The number of hydrogen-bond acceptors (Lipinski definition) is 0. The highest BCUT2D eigenvalue weighted by atomic mass is 35.5. The molecule has 0 aliphatic rings. The van der Waals surface area contributed by atoms with Gasteiger partial charge < -0.3 is 0 Å². The Hall–Kier alpha value is 1.64. The second kappa shape index (κ2) is 21.9. The highest BCUT2D eigenvalue weighted by Gasteiger charge is 2.06. The van der Waals surface area contributed by atoms with Crippen LogP contribution in [0, 0.1) is 0 Å². The molecule has 0 N–H and O–H groups in total. The van der Waals surface area contributed by atoms with E-state index in [1.807, 2.05) is 0 Å². The lowest BCUT2D eigenvalue weighted by atomic mass is 10.9. The Morgan fingerprint density at radius 2 is 0.562 bits per heavy atom. The van der Waals surface area contributed by atoms with Crippen LogP contribution >= 0.6 is 24.8 Å². The van der Waals surface area contributed by atoms with E-state index >= 15 is 0 Å². The van der Waals surface area contributed by atoms with Gasteiger partial charge in [-0.05, 0) is 0 Å². The average Bonchev–Trinajstić information content (AvgIpc) is 2.24. The lowest BCUT2D eigenvalue weighted by molar-refractivity contribution is 1.24. The summed E-state index contributed by atoms with van der Waals surface area (Å²) in [6.07, 6.45) is 0. The van der Waals surface area contributed by atoms with Crippen molar-refractivity contribution >= 4 is 53.1 Å². The molecular weight excluding hydrogens is 269 g/mol. The molecule has 0 bridgehead atoms. The Morgan fingerprint density at radius 3 is 0.562 bits per heavy atom. The molecule has 0 saturated heterocycles. The summed E-state index contributed by atoms with van der Waals surface area (Å²) in [4.78, 5) is 0. The molecule has 0 atom stereocenters. The molecule has 0 fully saturated rings. The van der Waals surface area contributed by atoms with Gasteiger partial charge in [0.2, 0.25) is 0 Å². The predicted molar refractivity (Wildman–Crippen MR) is 88.9 cm³/mol. The van der Waals surface area contributed by atoms with Gasteiger partial charge in [-0.1, -0.05) is 73.2 Å². The van der Waals surface area contributed by atoms with Gasteiger partial charge in [0.15, 0.2) is 0 Å². The van der Waals surface area contributed by atoms with Crippen LogP contribution < -0.4 is 0 Å². The van der Waals surface area contributed by atoms with Gasteiger partial charge in [0.05, 0.1) is 0 Å². The smallest absolute Gasteiger partial charge is 0.147 e. The number of hydrogen-bond donors (Lipinski definition) is 0. The molecule has 0 spiro atoms. The van der Waals surface area contributed by atoms with E-state index in [9.17, 15) is 0 Å². The zero-order chi connectivity index (χ0) is 11.4. The van der Waals surface area contributed by atoms with E-state index < -0.39 is 0 Å². The molecule has 0 aliphatic carbocycles. The molecule has 16 heavy (non-hydrogen) atoms. The molecule has 100 valence electrons. The van der Waals surface area contributed by atoms with E-state index in [0.717, 1.165) is 0 Å². The van der Waals surface area contributed by atoms with Crippen LogP contribution in [0.4, 0.5) is 0 Å². The van der Waals surface area contributed by atoms with Crippen LogP contribution in [0.3, 0.4) is 0 Å². The first kappa shape index (κ1) is 26.3. The van der Waals surface area contributed by atoms with Gasteiger partial charge in [-0.25, -0.2) is 0 Å². The van der Waals surface area contributed by atoms with Crippen LogP contribution in [0.25, 0.3) is 0 Å². The van der Waals surface area contributed by atoms with Crippen molar-refractivity contribution < 1.29 is 0 Å². The highest BCUT2D eigenvalue weighted by molar-refractivity contribution is 6.58. The lowest BCUT2D eigenvalue weighted by Gasteiger charge is -1.97. The first-order chi connectivity index (χ1) is 6.69. The summed E-state index contributed by atoms with van der Waals surface area (Å²) in [5.41, 5.74) is 0. The Morgan fingerprint density at radius 1 is 0.438 bits per heavy atom. The van der Waals surface area contributed by atoms with Gasteiger partial charge in [0.1, 0.15) is 0 Å². The second-order valence-electron chi connectivity index (χ2n) is 4.18. The topological polar surface area (TPSA) is 0 Å². The fraction of sp³-hybridized carbons (Fsp3) is 1.00. The maximum absolute atomic E-state index is 2.32. The van der Waals surface area contributed by atoms with E-state index in [0.29, 0.717) is 0 Å². The zero-order valence-corrected chi connectivity index (χ0v) is 16.2. The van der Waals surface area contributed by atoms with Crippen molar-refractivity contribution in [2.45, 2.75) is 73.2 Å². The van der Waals surface area contributed by atoms with Crippen LogP contribution in [0.5, 0.6) is 0 Å². The van der Waals surface area contributed by atoms with E-state index in [1.54, 1.807) is 0 Å². The summed E-state index contributed by atoms with van der Waals surface area (Å²) < 4.78 is 0. The molecule has 0 radical (unpaired) electrons. The first-order valence-electron chi connectivity index (χ1n) is 6.69. The van der Waals surface area contributed by atoms with Crippen molar-refractivity contribution in [3.05, 3.63) is 0 Å². The average molecular weight is 301 g/mol. The Labute approximate surface area is 126 Å². The molecule has 0 rings (SSSR count). The summed E-state index contributed by atoms with van der Waals surface area (Å²) in [6, 6.07) is 0. The molecule has 0 heterocycles. The minimum Gasteiger partial charge on any atom is -0.147 e. The molecular formula is C12H32Al2Cl2. The van der Waals surface area contributed by atoms with E-state index in [-0.39, 0.29) is 53.1 Å². The maximum Gasteiger partial charge on any atom is 0.261 e. The van der Waals surface area contributed by atoms with Gasteiger partial charge in [0, 0.05) is 0 Å². The van der Waals surface area contributed by atoms with Crippen LogP contribution in [-0.2, 0) is 0 Å². The van der Waals surface area contributed by atoms with E-state index in [2.05, 4.69) is 41.5 Å². The van der Waals surface area contributed by atoms with Crippen LogP contribution in [0.15, 0.2) is 0 Å². The van der Waals surface area contributed by atoms with Crippen molar-refractivity contribution in [3.63, 3.8) is 0 Å². The molecule has 0 aromatic carbocycles. The van der Waals surface area contributed by atoms with Crippen molar-refractivity contribution in [2.75, 3.05) is 0 Å².